The van der Waals surface area contributed by atoms with Crippen LogP contribution >= 0.6 is 23.5 Å². The predicted octanol–water partition coefficient (Wildman–Crippen LogP) is 0.727. The average molecular weight is 403 g/mol. The monoisotopic (exact) mass is 402 g/mol. The molecule has 5 unspecified atom stereocenters. The topological polar surface area (TPSA) is 99.2 Å². The van der Waals surface area contributed by atoms with E-state index in [4.69, 9.17) is 10.5 Å². The molecular formula is C18H30N2O4S2. The molecule has 1 heterocycles. The Morgan fingerprint density at radius 1 is 1.12 bits per heavy atom. The fourth-order valence-electron chi connectivity index (χ4n) is 2.99. The molecule has 1 saturated heterocycles. The molecule has 0 radical (unpaired) electrons. The normalized spacial score (nSPS) is 31.8. The van der Waals surface area contributed by atoms with E-state index in [9.17, 15) is 15.3 Å². The van der Waals surface area contributed by atoms with Gasteiger partial charge in [0.25, 0.3) is 0 Å². The van der Waals surface area contributed by atoms with Crippen molar-refractivity contribution in [1.82, 2.24) is 4.90 Å². The Bertz CT molecular complexity index is 559. The summed E-state index contributed by atoms with van der Waals surface area (Å²) in [6.45, 7) is 2.86. The van der Waals surface area contributed by atoms with E-state index in [-0.39, 0.29) is 5.25 Å². The van der Waals surface area contributed by atoms with Crippen LogP contribution in [-0.4, -0.2) is 81.7 Å². The number of benzene rings is 1. The molecule has 1 fully saturated rings. The summed E-state index contributed by atoms with van der Waals surface area (Å²) in [5, 5.41) is 30.3. The van der Waals surface area contributed by atoms with Gasteiger partial charge in [-0.3, -0.25) is 0 Å². The smallest absolute Gasteiger partial charge is 0.132 e. The number of hydrogen-bond acceptors (Lipinski definition) is 8. The SMILES string of the molecule is CSC1OC([C@H](N)[C@H](C)Sc2ccc(CN(C)C)cc2)C(O)C(O)C1O. The molecule has 26 heavy (non-hydrogen) atoms. The second-order valence-electron chi connectivity index (χ2n) is 6.96. The Kier molecular flexibility index (Phi) is 8.24. The number of hydrogen-bond donors (Lipinski definition) is 4. The Morgan fingerprint density at radius 3 is 2.27 bits per heavy atom. The molecule has 0 spiro atoms. The maximum absolute atomic E-state index is 10.3. The number of nitrogens with zero attached hydrogens (tertiary/aromatic N) is 1. The fraction of sp³-hybridized carbons (Fsp3) is 0.667. The van der Waals surface area contributed by atoms with E-state index >= 15 is 0 Å². The van der Waals surface area contributed by atoms with E-state index < -0.39 is 35.9 Å². The molecule has 5 N–H and O–H groups in total. The molecule has 7 atom stereocenters. The van der Waals surface area contributed by atoms with Crippen LogP contribution in [0.5, 0.6) is 0 Å². The molecule has 1 aromatic rings. The van der Waals surface area contributed by atoms with Crippen LogP contribution in [-0.2, 0) is 11.3 Å². The van der Waals surface area contributed by atoms with Gasteiger partial charge in [0.05, 0.1) is 0 Å². The first-order valence-corrected chi connectivity index (χ1v) is 10.8. The number of aliphatic hydroxyl groups excluding tert-OH is 3. The average Bonchev–Trinajstić information content (AvgIpc) is 2.60. The van der Waals surface area contributed by atoms with E-state index in [0.717, 1.165) is 11.4 Å². The third-order valence-electron chi connectivity index (χ3n) is 4.50. The van der Waals surface area contributed by atoms with Gasteiger partial charge in [0, 0.05) is 22.7 Å². The molecule has 0 bridgehead atoms. The van der Waals surface area contributed by atoms with Gasteiger partial charge < -0.3 is 30.7 Å². The van der Waals surface area contributed by atoms with Gasteiger partial charge in [-0.1, -0.05) is 19.1 Å². The first-order chi connectivity index (χ1) is 12.2. The van der Waals surface area contributed by atoms with Crippen LogP contribution < -0.4 is 5.73 Å². The Balaban J connectivity index is 2.00. The summed E-state index contributed by atoms with van der Waals surface area (Å²) in [7, 11) is 4.07. The third kappa shape index (κ3) is 5.36. The van der Waals surface area contributed by atoms with Gasteiger partial charge in [-0.05, 0) is 38.0 Å². The highest BCUT2D eigenvalue weighted by molar-refractivity contribution is 8.00. The van der Waals surface area contributed by atoms with Gasteiger partial charge in [0.1, 0.15) is 29.9 Å². The Hall–Kier alpha value is -0.320. The molecule has 1 aliphatic rings. The molecule has 2 rings (SSSR count). The van der Waals surface area contributed by atoms with E-state index in [0.29, 0.717) is 0 Å². The minimum absolute atomic E-state index is 0.0423. The Labute approximate surface area is 164 Å². The highest BCUT2D eigenvalue weighted by atomic mass is 32.2. The highest BCUT2D eigenvalue weighted by Crippen LogP contribution is 2.32. The number of ether oxygens (including phenoxy) is 1. The summed E-state index contributed by atoms with van der Waals surface area (Å²) in [6, 6.07) is 7.82. The van der Waals surface area contributed by atoms with Gasteiger partial charge in [-0.15, -0.1) is 23.5 Å². The number of rotatable bonds is 7. The lowest BCUT2D eigenvalue weighted by Crippen LogP contribution is -2.62. The van der Waals surface area contributed by atoms with Crippen molar-refractivity contribution < 1.29 is 20.1 Å². The second-order valence-corrected chi connectivity index (χ2v) is 9.35. The lowest BCUT2D eigenvalue weighted by Gasteiger charge is -2.43. The van der Waals surface area contributed by atoms with Crippen molar-refractivity contribution in [3.05, 3.63) is 29.8 Å². The maximum Gasteiger partial charge on any atom is 0.132 e. The molecule has 8 heteroatoms. The van der Waals surface area contributed by atoms with Crippen molar-refractivity contribution in [2.75, 3.05) is 20.4 Å². The molecule has 0 amide bonds. The van der Waals surface area contributed by atoms with Crippen molar-refractivity contribution in [3.8, 4) is 0 Å². The minimum Gasteiger partial charge on any atom is -0.388 e. The third-order valence-corrected chi connectivity index (χ3v) is 6.59. The van der Waals surface area contributed by atoms with Crippen molar-refractivity contribution in [2.45, 2.75) is 59.5 Å². The largest absolute Gasteiger partial charge is 0.388 e. The zero-order valence-corrected chi connectivity index (χ0v) is 17.3. The molecule has 0 aliphatic carbocycles. The fourth-order valence-corrected chi connectivity index (χ4v) is 4.70. The number of aliphatic hydroxyl groups is 3. The minimum atomic E-state index is -1.26. The summed E-state index contributed by atoms with van der Waals surface area (Å²) in [6.07, 6.45) is -2.56. The van der Waals surface area contributed by atoms with Crippen molar-refractivity contribution in [2.24, 2.45) is 5.73 Å². The number of thioether (sulfide) groups is 2. The van der Waals surface area contributed by atoms with Crippen LogP contribution in [0.15, 0.2) is 29.2 Å². The van der Waals surface area contributed by atoms with Crippen LogP contribution in [0.25, 0.3) is 0 Å². The second kappa shape index (κ2) is 9.75. The van der Waals surface area contributed by atoms with Crippen LogP contribution in [0.2, 0.25) is 0 Å². The molecule has 148 valence electrons. The van der Waals surface area contributed by atoms with Crippen molar-refractivity contribution in [1.29, 1.82) is 0 Å². The van der Waals surface area contributed by atoms with E-state index in [1.807, 2.05) is 21.0 Å². The van der Waals surface area contributed by atoms with Gasteiger partial charge in [-0.2, -0.15) is 0 Å². The predicted molar refractivity (Wildman–Crippen MR) is 107 cm³/mol. The summed E-state index contributed by atoms with van der Waals surface area (Å²) in [5.41, 5.74) is 6.97. The molecule has 6 nitrogen and oxygen atoms in total. The first-order valence-electron chi connectivity index (χ1n) is 8.63. The molecular weight excluding hydrogens is 372 g/mol. The molecule has 0 saturated carbocycles. The van der Waals surface area contributed by atoms with Crippen LogP contribution in [0.1, 0.15) is 12.5 Å². The summed E-state index contributed by atoms with van der Waals surface area (Å²) >= 11 is 2.90. The van der Waals surface area contributed by atoms with Gasteiger partial charge in [-0.25, -0.2) is 0 Å². The summed E-state index contributed by atoms with van der Waals surface area (Å²) < 4.78 is 5.77. The van der Waals surface area contributed by atoms with E-state index in [2.05, 4.69) is 29.2 Å². The van der Waals surface area contributed by atoms with Crippen LogP contribution in [0.4, 0.5) is 0 Å². The zero-order valence-electron chi connectivity index (χ0n) is 15.6. The first kappa shape index (κ1) is 22.0. The highest BCUT2D eigenvalue weighted by Gasteiger charge is 2.46. The lowest BCUT2D eigenvalue weighted by atomic mass is 9.94. The van der Waals surface area contributed by atoms with E-state index in [1.165, 1.54) is 17.3 Å². The zero-order chi connectivity index (χ0) is 19.4. The van der Waals surface area contributed by atoms with Gasteiger partial charge in [0.15, 0.2) is 0 Å². The van der Waals surface area contributed by atoms with Gasteiger partial charge in [0.2, 0.25) is 0 Å². The van der Waals surface area contributed by atoms with Crippen molar-refractivity contribution in [3.63, 3.8) is 0 Å². The molecule has 1 aromatic carbocycles. The molecule has 0 aromatic heterocycles. The van der Waals surface area contributed by atoms with Gasteiger partial charge >= 0.3 is 0 Å². The van der Waals surface area contributed by atoms with Crippen molar-refractivity contribution >= 4 is 23.5 Å². The number of nitrogens with two attached hydrogens (primary N) is 1. The summed E-state index contributed by atoms with van der Waals surface area (Å²) in [5.74, 6) is 0. The molecule has 1 aliphatic heterocycles. The quantitative estimate of drug-likeness (QED) is 0.496. The maximum atomic E-state index is 10.3. The van der Waals surface area contributed by atoms with Crippen LogP contribution in [0, 0.1) is 0 Å². The lowest BCUT2D eigenvalue weighted by molar-refractivity contribution is -0.202. The summed E-state index contributed by atoms with van der Waals surface area (Å²) in [4.78, 5) is 3.20. The van der Waals surface area contributed by atoms with Crippen LogP contribution in [0.3, 0.4) is 0 Å². The Morgan fingerprint density at radius 2 is 1.73 bits per heavy atom. The van der Waals surface area contributed by atoms with E-state index in [1.54, 1.807) is 18.0 Å². The standard InChI is InChI=1S/C18H30N2O4S2/c1-10(26-12-7-5-11(6-8-12)9-20(2)3)13(19)17-15(22)14(21)16(23)18(24-17)25-4/h5-8,10,13-18,21-23H,9,19H2,1-4H3/t10-,13+,14?,15?,16?,17?,18?/m0/s1.